The van der Waals surface area contributed by atoms with Crippen LogP contribution in [0.2, 0.25) is 0 Å². The first kappa shape index (κ1) is 14.6. The molecule has 68 valence electrons. The summed E-state index contributed by atoms with van der Waals surface area (Å²) < 4.78 is 0. The van der Waals surface area contributed by atoms with Gasteiger partial charge in [-0.2, -0.15) is 0 Å². The molecule has 0 aliphatic rings. The van der Waals surface area contributed by atoms with E-state index in [0.717, 1.165) is 12.8 Å². The third kappa shape index (κ3) is 12.7. The van der Waals surface area contributed by atoms with Crippen LogP contribution in [-0.2, 0) is 24.3 Å². The number of rotatable bonds is 7. The van der Waals surface area contributed by atoms with Crippen molar-refractivity contribution < 1.29 is 29.4 Å². The summed E-state index contributed by atoms with van der Waals surface area (Å²) in [5, 5.41) is 8.32. The van der Waals surface area contributed by atoms with Crippen molar-refractivity contribution in [2.45, 2.75) is 51.9 Å². The Morgan fingerprint density at radius 2 is 1.58 bits per heavy atom. The molecule has 0 amide bonds. The van der Waals surface area contributed by atoms with E-state index in [2.05, 4.69) is 6.92 Å². The fourth-order valence-electron chi connectivity index (χ4n) is 1.06. The van der Waals surface area contributed by atoms with Crippen molar-refractivity contribution in [1.29, 1.82) is 0 Å². The Balaban J connectivity index is 0. The molecule has 12 heavy (non-hydrogen) atoms. The molecule has 0 bridgehead atoms. The number of carboxylic acids is 1. The van der Waals surface area contributed by atoms with E-state index in [1.165, 1.54) is 25.7 Å². The Hall–Kier alpha value is 0.0934. The van der Waals surface area contributed by atoms with E-state index in [-0.39, 0.29) is 19.5 Å². The van der Waals surface area contributed by atoms with Gasteiger partial charge in [0, 0.05) is 25.9 Å². The quantitative estimate of drug-likeness (QED) is 0.532. The average molecular weight is 224 g/mol. The van der Waals surface area contributed by atoms with E-state index in [1.807, 2.05) is 0 Å². The van der Waals surface area contributed by atoms with Crippen LogP contribution >= 0.6 is 0 Å². The Morgan fingerprint density at radius 1 is 1.08 bits per heavy atom. The van der Waals surface area contributed by atoms with Crippen molar-refractivity contribution >= 4 is 5.97 Å². The molecule has 0 radical (unpaired) electrons. The smallest absolute Gasteiger partial charge is 0.303 e. The molecule has 0 aliphatic heterocycles. The van der Waals surface area contributed by atoms with Gasteiger partial charge < -0.3 is 5.11 Å². The molecule has 0 saturated carbocycles. The van der Waals surface area contributed by atoms with E-state index < -0.39 is 5.97 Å². The van der Waals surface area contributed by atoms with Crippen LogP contribution in [0.15, 0.2) is 0 Å². The summed E-state index contributed by atoms with van der Waals surface area (Å²) in [6, 6.07) is 0. The molecule has 3 heteroatoms. The second-order valence-corrected chi connectivity index (χ2v) is 2.91. The van der Waals surface area contributed by atoms with Gasteiger partial charge in [-0.25, -0.2) is 0 Å². The van der Waals surface area contributed by atoms with Gasteiger partial charge in [0.2, 0.25) is 0 Å². The molecule has 0 aliphatic carbocycles. The summed E-state index contributed by atoms with van der Waals surface area (Å²) in [5.41, 5.74) is 0. The zero-order valence-corrected chi connectivity index (χ0v) is 11.0. The summed E-state index contributed by atoms with van der Waals surface area (Å²) in [6.07, 6.45) is 7.25. The van der Waals surface area contributed by atoms with Gasteiger partial charge in [0.05, 0.1) is 0 Å². The molecule has 0 atom stereocenters. The molecule has 0 saturated heterocycles. The number of carboxylic acid groups (broad SMARTS) is 1. The maximum absolute atomic E-state index is 10.1. The molecule has 0 aromatic heterocycles. The van der Waals surface area contributed by atoms with Crippen molar-refractivity contribution in [1.82, 2.24) is 0 Å². The molecular weight excluding hydrogens is 205 g/mol. The van der Waals surface area contributed by atoms with Crippen molar-refractivity contribution in [3.63, 3.8) is 0 Å². The van der Waals surface area contributed by atoms with Crippen molar-refractivity contribution in [3.05, 3.63) is 0 Å². The third-order valence-corrected chi connectivity index (χ3v) is 1.74. The van der Waals surface area contributed by atoms with Gasteiger partial charge in [-0.3, -0.25) is 4.79 Å². The largest absolute Gasteiger partial charge is 0.481 e. The number of hydrogen-bond acceptors (Lipinski definition) is 1. The Bertz CT molecular complexity index is 105. The van der Waals surface area contributed by atoms with E-state index in [9.17, 15) is 4.79 Å². The van der Waals surface area contributed by atoms with Gasteiger partial charge in [-0.1, -0.05) is 39.0 Å². The summed E-state index contributed by atoms with van der Waals surface area (Å²) in [7, 11) is 0. The normalized spacial score (nSPS) is 9.08. The molecule has 0 aromatic rings. The fourth-order valence-corrected chi connectivity index (χ4v) is 1.06. The van der Waals surface area contributed by atoms with Crippen molar-refractivity contribution in [2.75, 3.05) is 0 Å². The number of hydrogen-bond donors (Lipinski definition) is 1. The number of unbranched alkanes of at least 4 members (excludes halogenated alkanes) is 5. The van der Waals surface area contributed by atoms with E-state index in [0.29, 0.717) is 6.42 Å². The molecule has 2 nitrogen and oxygen atoms in total. The zero-order valence-electron chi connectivity index (χ0n) is 8.01. The van der Waals surface area contributed by atoms with Crippen LogP contribution in [0.1, 0.15) is 51.9 Å². The Kier molecular flexibility index (Phi) is 13.5. The first-order chi connectivity index (χ1) is 5.27. The molecule has 0 spiro atoms. The summed E-state index contributed by atoms with van der Waals surface area (Å²) in [5.74, 6) is -0.666. The minimum absolute atomic E-state index is 0. The van der Waals surface area contributed by atoms with Crippen LogP contribution in [0.4, 0.5) is 0 Å². The topological polar surface area (TPSA) is 37.3 Å². The predicted molar refractivity (Wildman–Crippen MR) is 45.6 cm³/mol. The summed E-state index contributed by atoms with van der Waals surface area (Å²) in [6.45, 7) is 2.18. The van der Waals surface area contributed by atoms with Crippen LogP contribution in [0.3, 0.4) is 0 Å². The van der Waals surface area contributed by atoms with Gasteiger partial charge in [-0.05, 0) is 6.42 Å². The minimum Gasteiger partial charge on any atom is -0.481 e. The number of carbonyl (C=O) groups is 1. The molecule has 0 fully saturated rings. The van der Waals surface area contributed by atoms with Gasteiger partial charge >= 0.3 is 5.97 Å². The first-order valence-electron chi connectivity index (χ1n) is 4.49. The SMILES string of the molecule is CCCCCCCCC(=O)O.[Zn]. The fraction of sp³-hybridized carbons (Fsp3) is 0.889. The van der Waals surface area contributed by atoms with Gasteiger partial charge in [-0.15, -0.1) is 0 Å². The van der Waals surface area contributed by atoms with Crippen molar-refractivity contribution in [3.8, 4) is 0 Å². The van der Waals surface area contributed by atoms with E-state index >= 15 is 0 Å². The van der Waals surface area contributed by atoms with Crippen LogP contribution in [0.25, 0.3) is 0 Å². The third-order valence-electron chi connectivity index (χ3n) is 1.74. The van der Waals surface area contributed by atoms with Crippen LogP contribution in [0, 0.1) is 0 Å². The van der Waals surface area contributed by atoms with Gasteiger partial charge in [0.1, 0.15) is 0 Å². The standard InChI is InChI=1S/C9H18O2.Zn/c1-2-3-4-5-6-7-8-9(10)11;/h2-8H2,1H3,(H,10,11);. The van der Waals surface area contributed by atoms with E-state index in [4.69, 9.17) is 5.11 Å². The number of aliphatic carboxylic acids is 1. The van der Waals surface area contributed by atoms with Crippen LogP contribution in [0.5, 0.6) is 0 Å². The molecule has 0 rings (SSSR count). The zero-order chi connectivity index (χ0) is 8.53. The molecule has 1 N–H and O–H groups in total. The van der Waals surface area contributed by atoms with Crippen LogP contribution < -0.4 is 0 Å². The molecule has 0 heterocycles. The minimum atomic E-state index is -0.666. The average Bonchev–Trinajstić information content (AvgIpc) is 1.96. The first-order valence-corrected chi connectivity index (χ1v) is 4.49. The molecular formula is C9H18O2Zn. The molecule has 0 aromatic carbocycles. The van der Waals surface area contributed by atoms with E-state index in [1.54, 1.807) is 0 Å². The monoisotopic (exact) mass is 222 g/mol. The van der Waals surface area contributed by atoms with Gasteiger partial charge in [0.25, 0.3) is 0 Å². The summed E-state index contributed by atoms with van der Waals surface area (Å²) in [4.78, 5) is 10.1. The van der Waals surface area contributed by atoms with Crippen LogP contribution in [-0.4, -0.2) is 11.1 Å². The van der Waals surface area contributed by atoms with Crippen molar-refractivity contribution in [2.24, 2.45) is 0 Å². The maximum Gasteiger partial charge on any atom is 0.303 e. The van der Waals surface area contributed by atoms with Gasteiger partial charge in [0.15, 0.2) is 0 Å². The molecule has 0 unspecified atom stereocenters. The Labute approximate surface area is 87.5 Å². The summed E-state index contributed by atoms with van der Waals surface area (Å²) >= 11 is 0. The second-order valence-electron chi connectivity index (χ2n) is 2.91. The Morgan fingerprint density at radius 3 is 2.08 bits per heavy atom. The maximum atomic E-state index is 10.1. The predicted octanol–water partition coefficient (Wildman–Crippen LogP) is 2.82. The second kappa shape index (κ2) is 11.1.